The van der Waals surface area contributed by atoms with Crippen LogP contribution in [0.2, 0.25) is 0 Å². The summed E-state index contributed by atoms with van der Waals surface area (Å²) in [6.45, 7) is 3.87. The van der Waals surface area contributed by atoms with Gasteiger partial charge in [0.2, 0.25) is 0 Å². The van der Waals surface area contributed by atoms with Gasteiger partial charge in [0.1, 0.15) is 0 Å². The van der Waals surface area contributed by atoms with Crippen LogP contribution in [0.1, 0.15) is 44.2 Å². The van der Waals surface area contributed by atoms with E-state index in [9.17, 15) is 4.79 Å². The number of anilines is 2. The summed E-state index contributed by atoms with van der Waals surface area (Å²) in [6, 6.07) is 8.73. The lowest BCUT2D eigenvalue weighted by Crippen LogP contribution is -2.53. The molecule has 2 aromatic heterocycles. The highest BCUT2D eigenvalue weighted by Crippen LogP contribution is 2.40. The second-order valence-electron chi connectivity index (χ2n) is 8.27. The molecule has 28 heavy (non-hydrogen) atoms. The highest BCUT2D eigenvalue weighted by atomic mass is 16.2. The Balaban J connectivity index is 1.49. The van der Waals surface area contributed by atoms with Crippen LogP contribution < -0.4 is 15.1 Å². The summed E-state index contributed by atoms with van der Waals surface area (Å²) in [5, 5.41) is 3.30. The van der Waals surface area contributed by atoms with Crippen molar-refractivity contribution in [3.63, 3.8) is 0 Å². The number of nitrogens with zero attached hydrogens (tertiary/aromatic N) is 4. The Hall–Kier alpha value is -2.63. The van der Waals surface area contributed by atoms with Gasteiger partial charge < -0.3 is 10.2 Å². The summed E-state index contributed by atoms with van der Waals surface area (Å²) in [7, 11) is 0. The van der Waals surface area contributed by atoms with E-state index < -0.39 is 0 Å². The minimum Gasteiger partial charge on any atom is -0.366 e. The first-order valence-corrected chi connectivity index (χ1v) is 10.5. The van der Waals surface area contributed by atoms with Crippen molar-refractivity contribution >= 4 is 17.5 Å². The summed E-state index contributed by atoms with van der Waals surface area (Å²) < 4.78 is 0. The molecule has 1 aliphatic carbocycles. The van der Waals surface area contributed by atoms with Crippen LogP contribution in [0, 0.1) is 6.92 Å². The van der Waals surface area contributed by atoms with Crippen LogP contribution in [0.5, 0.6) is 0 Å². The van der Waals surface area contributed by atoms with Gasteiger partial charge in [-0.25, -0.2) is 9.78 Å². The standard InChI is InChI=1S/C22H27N5O/c1-15-13-16(9-11-23-15)19-7-8-20-21(25-19)27(18-10-12-26(20)14-18)22(28)24-17-5-3-2-4-6-17/h7-9,11,13,17-18H,2-6,10,12,14H2,1H3,(H,24,28). The lowest BCUT2D eigenvalue weighted by molar-refractivity contribution is 0.236. The third kappa shape index (κ3) is 3.11. The molecule has 0 radical (unpaired) electrons. The Bertz CT molecular complexity index is 892. The molecule has 6 heteroatoms. The first kappa shape index (κ1) is 17.5. The van der Waals surface area contributed by atoms with Gasteiger partial charge in [0.25, 0.3) is 0 Å². The SMILES string of the molecule is Cc1cc(-c2ccc3c(n2)N(C(=O)NC2CCCCC2)C2CCN3C2)ccn1. The predicted molar refractivity (Wildman–Crippen MR) is 111 cm³/mol. The number of aromatic nitrogens is 2. The lowest BCUT2D eigenvalue weighted by Gasteiger charge is -2.37. The summed E-state index contributed by atoms with van der Waals surface area (Å²) in [4.78, 5) is 26.8. The number of hydrogen-bond acceptors (Lipinski definition) is 4. The minimum absolute atomic E-state index is 0.0234. The van der Waals surface area contributed by atoms with E-state index >= 15 is 0 Å². The quantitative estimate of drug-likeness (QED) is 0.862. The van der Waals surface area contributed by atoms with E-state index in [1.165, 1.54) is 19.3 Å². The molecular weight excluding hydrogens is 350 g/mol. The van der Waals surface area contributed by atoms with Gasteiger partial charge in [0.05, 0.1) is 17.4 Å². The normalized spacial score (nSPS) is 21.5. The van der Waals surface area contributed by atoms with Crippen LogP contribution in [0.4, 0.5) is 16.3 Å². The summed E-state index contributed by atoms with van der Waals surface area (Å²) in [6.07, 6.45) is 8.70. The molecule has 2 amide bonds. The first-order chi connectivity index (χ1) is 13.7. The smallest absolute Gasteiger partial charge is 0.323 e. The number of carbonyl (C=O) groups is 1. The van der Waals surface area contributed by atoms with Crippen molar-refractivity contribution in [3.8, 4) is 11.3 Å². The number of aryl methyl sites for hydroxylation is 1. The van der Waals surface area contributed by atoms with Gasteiger partial charge in [-0.05, 0) is 50.5 Å². The topological polar surface area (TPSA) is 61.4 Å². The molecule has 4 heterocycles. The second kappa shape index (κ2) is 7.08. The summed E-state index contributed by atoms with van der Waals surface area (Å²) in [5.41, 5.74) is 3.97. The number of carbonyl (C=O) groups excluding carboxylic acids is 1. The van der Waals surface area contributed by atoms with Crippen LogP contribution in [-0.4, -0.2) is 41.2 Å². The fourth-order valence-corrected chi connectivity index (χ4v) is 4.83. The molecular formula is C22H27N5O. The maximum absolute atomic E-state index is 13.3. The molecule has 2 aromatic rings. The molecule has 0 aromatic carbocycles. The van der Waals surface area contributed by atoms with E-state index in [0.717, 1.165) is 60.8 Å². The molecule has 0 spiro atoms. The van der Waals surface area contributed by atoms with Crippen molar-refractivity contribution in [2.24, 2.45) is 0 Å². The highest BCUT2D eigenvalue weighted by Gasteiger charge is 2.40. The molecule has 146 valence electrons. The lowest BCUT2D eigenvalue weighted by atomic mass is 9.96. The van der Waals surface area contributed by atoms with Gasteiger partial charge in [-0.3, -0.25) is 9.88 Å². The monoisotopic (exact) mass is 377 g/mol. The molecule has 3 aliphatic rings. The van der Waals surface area contributed by atoms with Crippen molar-refractivity contribution in [1.82, 2.24) is 15.3 Å². The Kier molecular flexibility index (Phi) is 4.41. The average Bonchev–Trinajstić information content (AvgIpc) is 3.13. The van der Waals surface area contributed by atoms with Gasteiger partial charge in [-0.2, -0.15) is 0 Å². The van der Waals surface area contributed by atoms with E-state index in [-0.39, 0.29) is 12.1 Å². The van der Waals surface area contributed by atoms with E-state index in [1.807, 2.05) is 30.2 Å². The molecule has 1 saturated heterocycles. The van der Waals surface area contributed by atoms with Crippen LogP contribution >= 0.6 is 0 Å². The fourth-order valence-electron chi connectivity index (χ4n) is 4.83. The summed E-state index contributed by atoms with van der Waals surface area (Å²) in [5.74, 6) is 0.800. The van der Waals surface area contributed by atoms with Crippen molar-refractivity contribution in [3.05, 3.63) is 36.2 Å². The van der Waals surface area contributed by atoms with Crippen LogP contribution in [-0.2, 0) is 0 Å². The fraction of sp³-hybridized carbons (Fsp3) is 0.500. The number of fused-ring (bicyclic) bond motifs is 4. The number of nitrogens with one attached hydrogen (secondary N) is 1. The molecule has 2 fully saturated rings. The third-order valence-corrected chi connectivity index (χ3v) is 6.30. The molecule has 2 bridgehead atoms. The number of amides is 2. The van der Waals surface area contributed by atoms with E-state index in [4.69, 9.17) is 4.98 Å². The zero-order valence-electron chi connectivity index (χ0n) is 16.4. The van der Waals surface area contributed by atoms with Gasteiger partial charge in [-0.15, -0.1) is 0 Å². The molecule has 5 rings (SSSR count). The molecule has 1 saturated carbocycles. The summed E-state index contributed by atoms with van der Waals surface area (Å²) >= 11 is 0. The van der Waals surface area contributed by atoms with Crippen LogP contribution in [0.15, 0.2) is 30.5 Å². The third-order valence-electron chi connectivity index (χ3n) is 6.30. The zero-order chi connectivity index (χ0) is 19.1. The number of hydrogen-bond donors (Lipinski definition) is 1. The van der Waals surface area contributed by atoms with Gasteiger partial charge >= 0.3 is 6.03 Å². The number of urea groups is 1. The average molecular weight is 377 g/mol. The largest absolute Gasteiger partial charge is 0.366 e. The maximum atomic E-state index is 13.3. The predicted octanol–water partition coefficient (Wildman–Crippen LogP) is 3.89. The molecule has 1 unspecified atom stereocenters. The van der Waals surface area contributed by atoms with E-state index in [0.29, 0.717) is 6.04 Å². The maximum Gasteiger partial charge on any atom is 0.323 e. The van der Waals surface area contributed by atoms with Gasteiger partial charge in [0, 0.05) is 36.6 Å². The van der Waals surface area contributed by atoms with Gasteiger partial charge in [-0.1, -0.05) is 19.3 Å². The highest BCUT2D eigenvalue weighted by molar-refractivity contribution is 5.97. The molecule has 1 N–H and O–H groups in total. The van der Waals surface area contributed by atoms with Crippen molar-refractivity contribution in [2.75, 3.05) is 22.9 Å². The van der Waals surface area contributed by atoms with Gasteiger partial charge in [0.15, 0.2) is 5.82 Å². The molecule has 1 atom stereocenters. The second-order valence-corrected chi connectivity index (χ2v) is 8.27. The zero-order valence-corrected chi connectivity index (χ0v) is 16.4. The molecule has 2 aliphatic heterocycles. The Morgan fingerprint density at radius 3 is 2.82 bits per heavy atom. The van der Waals surface area contributed by atoms with Crippen molar-refractivity contribution in [2.45, 2.75) is 57.5 Å². The van der Waals surface area contributed by atoms with E-state index in [1.54, 1.807) is 0 Å². The number of rotatable bonds is 2. The van der Waals surface area contributed by atoms with Crippen LogP contribution in [0.3, 0.4) is 0 Å². The van der Waals surface area contributed by atoms with E-state index in [2.05, 4.69) is 27.3 Å². The molecule has 6 nitrogen and oxygen atoms in total. The number of pyridine rings is 2. The first-order valence-electron chi connectivity index (χ1n) is 10.5. The minimum atomic E-state index is 0.0234. The Labute approximate surface area is 166 Å². The van der Waals surface area contributed by atoms with Crippen molar-refractivity contribution < 1.29 is 4.79 Å². The van der Waals surface area contributed by atoms with Crippen LogP contribution in [0.25, 0.3) is 11.3 Å². The Morgan fingerprint density at radius 1 is 1.14 bits per heavy atom. The Morgan fingerprint density at radius 2 is 2.00 bits per heavy atom. The van der Waals surface area contributed by atoms with Crippen molar-refractivity contribution in [1.29, 1.82) is 0 Å².